The Balaban J connectivity index is 1.82. The summed E-state index contributed by atoms with van der Waals surface area (Å²) in [4.78, 5) is 21.2. The highest BCUT2D eigenvalue weighted by Crippen LogP contribution is 2.15. The van der Waals surface area contributed by atoms with Crippen LogP contribution in [0.25, 0.3) is 11.0 Å². The van der Waals surface area contributed by atoms with E-state index in [1.54, 1.807) is 12.3 Å². The quantitative estimate of drug-likeness (QED) is 0.381. The predicted molar refractivity (Wildman–Crippen MR) is 72.9 cm³/mol. The molecule has 2 unspecified atom stereocenters. The zero-order valence-corrected chi connectivity index (χ0v) is 10.5. The molecule has 20 heavy (non-hydrogen) atoms. The Kier molecular flexibility index (Phi) is 3.05. The third-order valence-corrected chi connectivity index (χ3v) is 3.40. The monoisotopic (exact) mass is 277 g/mol. The number of H-pyrrole nitrogens is 2. The van der Waals surface area contributed by atoms with Crippen LogP contribution in [0.2, 0.25) is 0 Å². The van der Waals surface area contributed by atoms with Gasteiger partial charge in [0, 0.05) is 12.7 Å². The first-order chi connectivity index (χ1) is 9.56. The van der Waals surface area contributed by atoms with Crippen molar-refractivity contribution in [2.24, 2.45) is 0 Å². The second-order valence-corrected chi connectivity index (χ2v) is 4.76. The molecular formula is C12H15N5O3. The number of aliphatic hydroxyl groups excluding tert-OH is 2. The molecule has 0 spiro atoms. The molecule has 0 fully saturated rings. The Bertz CT molecular complexity index is 719. The van der Waals surface area contributed by atoms with Crippen LogP contribution in [0.1, 0.15) is 5.56 Å². The molecule has 8 heteroatoms. The largest absolute Gasteiger partial charge is 0.388 e. The van der Waals surface area contributed by atoms with Gasteiger partial charge in [0.15, 0.2) is 0 Å². The first kappa shape index (κ1) is 12.9. The van der Waals surface area contributed by atoms with Crippen molar-refractivity contribution in [3.63, 3.8) is 0 Å². The van der Waals surface area contributed by atoms with Crippen molar-refractivity contribution in [3.05, 3.63) is 34.3 Å². The number of fused-ring (bicyclic) bond motifs is 1. The molecule has 0 radical (unpaired) electrons. The molecule has 1 aliphatic carbocycles. The van der Waals surface area contributed by atoms with Gasteiger partial charge in [-0.2, -0.15) is 4.98 Å². The van der Waals surface area contributed by atoms with Gasteiger partial charge in [-0.3, -0.25) is 9.78 Å². The highest BCUT2D eigenvalue weighted by atomic mass is 16.3. The molecule has 3 rings (SSSR count). The first-order valence-corrected chi connectivity index (χ1v) is 6.20. The lowest BCUT2D eigenvalue weighted by atomic mass is 10.1. The van der Waals surface area contributed by atoms with E-state index in [0.29, 0.717) is 17.6 Å². The zero-order chi connectivity index (χ0) is 14.3. The molecule has 0 amide bonds. The minimum absolute atomic E-state index is 0.0566. The van der Waals surface area contributed by atoms with Gasteiger partial charge >= 0.3 is 0 Å². The van der Waals surface area contributed by atoms with Gasteiger partial charge in [0.2, 0.25) is 5.95 Å². The normalized spacial score (nSPS) is 25.6. The summed E-state index contributed by atoms with van der Waals surface area (Å²) in [6.07, 6.45) is 3.16. The van der Waals surface area contributed by atoms with Crippen LogP contribution < -0.4 is 16.6 Å². The van der Waals surface area contributed by atoms with E-state index in [4.69, 9.17) is 5.73 Å². The first-order valence-electron chi connectivity index (χ1n) is 6.20. The lowest BCUT2D eigenvalue weighted by Crippen LogP contribution is -2.40. The average molecular weight is 277 g/mol. The summed E-state index contributed by atoms with van der Waals surface area (Å²) in [6.45, 7) is 0.355. The number of aromatic amines is 2. The number of rotatable bonds is 3. The number of aliphatic hydroxyl groups is 2. The van der Waals surface area contributed by atoms with Gasteiger partial charge in [0.05, 0.1) is 17.5 Å². The number of hydrogen-bond acceptors (Lipinski definition) is 6. The zero-order valence-electron chi connectivity index (χ0n) is 10.5. The summed E-state index contributed by atoms with van der Waals surface area (Å²) < 4.78 is 0. The summed E-state index contributed by atoms with van der Waals surface area (Å²) in [5.74, 6) is 0.0566. The van der Waals surface area contributed by atoms with Crippen molar-refractivity contribution < 1.29 is 10.2 Å². The molecule has 2 aromatic heterocycles. The van der Waals surface area contributed by atoms with Crippen molar-refractivity contribution in [3.8, 4) is 0 Å². The Morgan fingerprint density at radius 2 is 2.20 bits per heavy atom. The molecule has 106 valence electrons. The van der Waals surface area contributed by atoms with Crippen LogP contribution in [0.4, 0.5) is 5.95 Å². The second-order valence-electron chi connectivity index (χ2n) is 4.76. The van der Waals surface area contributed by atoms with Gasteiger partial charge < -0.3 is 26.2 Å². The SMILES string of the molecule is Nc1nc2[nH]cc(CNC3C=CC(O)[C@@H]3O)c2c(=O)[nH]1. The fourth-order valence-electron chi connectivity index (χ4n) is 2.35. The summed E-state index contributed by atoms with van der Waals surface area (Å²) in [7, 11) is 0. The van der Waals surface area contributed by atoms with Crippen molar-refractivity contribution in [1.29, 1.82) is 0 Å². The van der Waals surface area contributed by atoms with E-state index in [9.17, 15) is 15.0 Å². The van der Waals surface area contributed by atoms with Gasteiger partial charge in [-0.05, 0) is 5.56 Å². The third kappa shape index (κ3) is 2.09. The second kappa shape index (κ2) is 4.75. The minimum Gasteiger partial charge on any atom is -0.388 e. The Morgan fingerprint density at radius 3 is 2.90 bits per heavy atom. The maximum absolute atomic E-state index is 11.9. The summed E-state index contributed by atoms with van der Waals surface area (Å²) in [6, 6.07) is -0.351. The molecule has 1 aliphatic rings. The van der Waals surface area contributed by atoms with Crippen LogP contribution >= 0.6 is 0 Å². The van der Waals surface area contributed by atoms with Crippen LogP contribution in [0.15, 0.2) is 23.1 Å². The van der Waals surface area contributed by atoms with Crippen LogP contribution in [0.5, 0.6) is 0 Å². The topological polar surface area (TPSA) is 140 Å². The van der Waals surface area contributed by atoms with E-state index in [2.05, 4.69) is 20.3 Å². The van der Waals surface area contributed by atoms with Gasteiger partial charge in [0.1, 0.15) is 11.8 Å². The molecule has 7 N–H and O–H groups in total. The van der Waals surface area contributed by atoms with Crippen molar-refractivity contribution in [2.75, 3.05) is 5.73 Å². The molecule has 0 aliphatic heterocycles. The summed E-state index contributed by atoms with van der Waals surface area (Å²) >= 11 is 0. The molecule has 2 heterocycles. The van der Waals surface area contributed by atoms with Crippen LogP contribution in [-0.4, -0.2) is 43.4 Å². The lowest BCUT2D eigenvalue weighted by molar-refractivity contribution is 0.0441. The van der Waals surface area contributed by atoms with E-state index >= 15 is 0 Å². The Labute approximate surface area is 113 Å². The molecule has 0 saturated carbocycles. The van der Waals surface area contributed by atoms with Crippen LogP contribution in [-0.2, 0) is 6.54 Å². The molecule has 0 saturated heterocycles. The molecular weight excluding hydrogens is 262 g/mol. The maximum Gasteiger partial charge on any atom is 0.262 e. The molecule has 0 aromatic carbocycles. The highest BCUT2D eigenvalue weighted by molar-refractivity contribution is 5.79. The summed E-state index contributed by atoms with van der Waals surface area (Å²) in [5.41, 5.74) is 6.30. The molecule has 8 nitrogen and oxygen atoms in total. The van der Waals surface area contributed by atoms with E-state index in [1.807, 2.05) is 0 Å². The predicted octanol–water partition coefficient (Wildman–Crippen LogP) is -1.42. The molecule has 2 aromatic rings. The number of nitrogens with one attached hydrogen (secondary N) is 3. The van der Waals surface area contributed by atoms with E-state index in [0.717, 1.165) is 5.56 Å². The van der Waals surface area contributed by atoms with Crippen molar-refractivity contribution in [1.82, 2.24) is 20.3 Å². The standard InChI is InChI=1S/C12H15N5O3/c13-12-16-10-8(11(20)17-12)5(4-15-10)3-14-6-1-2-7(18)9(6)19/h1-2,4,6-7,9,14,18-19H,3H2,(H4,13,15,16,17,20)/t6?,7?,9-/m1/s1. The number of anilines is 1. The van der Waals surface area contributed by atoms with E-state index in [1.165, 1.54) is 6.08 Å². The molecule has 3 atom stereocenters. The van der Waals surface area contributed by atoms with E-state index < -0.39 is 12.2 Å². The van der Waals surface area contributed by atoms with Crippen LogP contribution in [0, 0.1) is 0 Å². The third-order valence-electron chi connectivity index (χ3n) is 3.40. The molecule has 0 bridgehead atoms. The number of nitrogens with zero attached hydrogens (tertiary/aromatic N) is 1. The average Bonchev–Trinajstić information content (AvgIpc) is 2.93. The van der Waals surface area contributed by atoms with Gasteiger partial charge in [-0.1, -0.05) is 12.2 Å². The maximum atomic E-state index is 11.9. The Morgan fingerprint density at radius 1 is 1.40 bits per heavy atom. The number of nitrogens with two attached hydrogens (primary N) is 1. The van der Waals surface area contributed by atoms with Gasteiger partial charge in [-0.25, -0.2) is 0 Å². The van der Waals surface area contributed by atoms with Crippen LogP contribution in [0.3, 0.4) is 0 Å². The smallest absolute Gasteiger partial charge is 0.262 e. The lowest BCUT2D eigenvalue weighted by Gasteiger charge is -2.17. The van der Waals surface area contributed by atoms with Crippen molar-refractivity contribution in [2.45, 2.75) is 24.8 Å². The number of hydrogen-bond donors (Lipinski definition) is 6. The summed E-state index contributed by atoms with van der Waals surface area (Å²) in [5, 5.41) is 22.6. The highest BCUT2D eigenvalue weighted by Gasteiger charge is 2.27. The van der Waals surface area contributed by atoms with E-state index in [-0.39, 0.29) is 17.5 Å². The van der Waals surface area contributed by atoms with Gasteiger partial charge in [-0.15, -0.1) is 0 Å². The number of aromatic nitrogens is 3. The fourth-order valence-corrected chi connectivity index (χ4v) is 2.35. The minimum atomic E-state index is -0.882. The fraction of sp³-hybridized carbons (Fsp3) is 0.333. The number of nitrogen functional groups attached to an aromatic ring is 1. The van der Waals surface area contributed by atoms with Gasteiger partial charge in [0.25, 0.3) is 5.56 Å². The Hall–Kier alpha value is -2.16. The van der Waals surface area contributed by atoms with Crippen molar-refractivity contribution >= 4 is 17.0 Å².